The average Bonchev–Trinajstić information content (AvgIpc) is 3.11. The van der Waals surface area contributed by atoms with Crippen molar-refractivity contribution >= 4 is 23.7 Å². The zero-order valence-corrected chi connectivity index (χ0v) is 17.2. The van der Waals surface area contributed by atoms with Gasteiger partial charge in [0.15, 0.2) is 0 Å². The lowest BCUT2D eigenvalue weighted by molar-refractivity contribution is -0.117. The van der Waals surface area contributed by atoms with Crippen LogP contribution in [0.5, 0.6) is 0 Å². The quantitative estimate of drug-likeness (QED) is 0.548. The van der Waals surface area contributed by atoms with Gasteiger partial charge in [-0.15, -0.1) is 0 Å². The largest absolute Gasteiger partial charge is 0.478 e. The Bertz CT molecular complexity index is 1150. The highest BCUT2D eigenvalue weighted by Crippen LogP contribution is 2.44. The van der Waals surface area contributed by atoms with Crippen LogP contribution >= 0.6 is 0 Å². The number of aromatic nitrogens is 1. The first-order valence-corrected chi connectivity index (χ1v) is 10.0. The van der Waals surface area contributed by atoms with E-state index in [-0.39, 0.29) is 23.8 Å². The van der Waals surface area contributed by atoms with Crippen LogP contribution in [0.25, 0.3) is 11.1 Å². The number of pyridine rings is 1. The smallest absolute Gasteiger partial charge is 0.407 e. The van der Waals surface area contributed by atoms with E-state index in [1.807, 2.05) is 36.4 Å². The molecule has 1 aromatic heterocycles. The van der Waals surface area contributed by atoms with Crippen molar-refractivity contribution in [1.82, 2.24) is 10.3 Å². The molecule has 0 saturated carbocycles. The summed E-state index contributed by atoms with van der Waals surface area (Å²) in [4.78, 5) is 39.5. The van der Waals surface area contributed by atoms with E-state index in [4.69, 9.17) is 9.84 Å². The first-order chi connectivity index (χ1) is 15.4. The van der Waals surface area contributed by atoms with E-state index in [0.29, 0.717) is 0 Å². The molecule has 0 radical (unpaired) electrons. The van der Waals surface area contributed by atoms with Crippen molar-refractivity contribution in [3.63, 3.8) is 0 Å². The van der Waals surface area contributed by atoms with Crippen molar-refractivity contribution in [3.05, 3.63) is 83.7 Å². The predicted molar refractivity (Wildman–Crippen MR) is 117 cm³/mol. The molecule has 1 aliphatic carbocycles. The van der Waals surface area contributed by atoms with Gasteiger partial charge in [0.25, 0.3) is 0 Å². The molecule has 1 unspecified atom stereocenters. The van der Waals surface area contributed by atoms with Crippen LogP contribution in [0.15, 0.2) is 67.0 Å². The number of anilines is 1. The Balaban J connectivity index is 1.36. The molecule has 162 valence electrons. The summed E-state index contributed by atoms with van der Waals surface area (Å²) in [6, 6.07) is 16.4. The van der Waals surface area contributed by atoms with Crippen LogP contribution in [-0.4, -0.2) is 40.7 Å². The lowest BCUT2D eigenvalue weighted by atomic mass is 9.98. The Morgan fingerprint density at radius 2 is 1.66 bits per heavy atom. The maximum atomic E-state index is 12.4. The number of aromatic carboxylic acids is 1. The standard InChI is InChI=1S/C24H21N3O5/c1-14(22(28)27-16-10-15(23(29)30)11-25-12-16)26-24(31)32-13-21-19-8-4-2-6-17(19)18-7-3-5-9-20(18)21/h2-12,14,21H,13H2,1H3,(H,26,31)(H,27,28)(H,29,30). The first kappa shape index (κ1) is 21.0. The molecule has 1 aliphatic rings. The van der Waals surface area contributed by atoms with Crippen molar-refractivity contribution in [3.8, 4) is 11.1 Å². The van der Waals surface area contributed by atoms with E-state index in [1.54, 1.807) is 0 Å². The van der Waals surface area contributed by atoms with Gasteiger partial charge in [0.1, 0.15) is 12.6 Å². The van der Waals surface area contributed by atoms with Crippen molar-refractivity contribution in [2.24, 2.45) is 0 Å². The Morgan fingerprint density at radius 3 is 2.28 bits per heavy atom. The predicted octanol–water partition coefficient (Wildman–Crippen LogP) is 3.65. The van der Waals surface area contributed by atoms with E-state index in [9.17, 15) is 14.4 Å². The van der Waals surface area contributed by atoms with Crippen LogP contribution < -0.4 is 10.6 Å². The number of fused-ring (bicyclic) bond motifs is 3. The molecule has 0 aliphatic heterocycles. The van der Waals surface area contributed by atoms with Gasteiger partial charge in [-0.05, 0) is 35.2 Å². The highest BCUT2D eigenvalue weighted by atomic mass is 16.5. The second kappa shape index (κ2) is 8.89. The number of nitrogens with zero attached hydrogens (tertiary/aromatic N) is 1. The number of carbonyl (C=O) groups excluding carboxylic acids is 2. The summed E-state index contributed by atoms with van der Waals surface area (Å²) in [5.41, 5.74) is 4.61. The summed E-state index contributed by atoms with van der Waals surface area (Å²) in [5, 5.41) is 14.0. The molecule has 0 spiro atoms. The molecule has 4 rings (SSSR count). The van der Waals surface area contributed by atoms with Crippen molar-refractivity contribution < 1.29 is 24.2 Å². The fourth-order valence-electron chi connectivity index (χ4n) is 3.76. The molecule has 3 N–H and O–H groups in total. The number of hydrogen-bond donors (Lipinski definition) is 3. The molecule has 0 saturated heterocycles. The van der Waals surface area contributed by atoms with Gasteiger partial charge < -0.3 is 20.5 Å². The number of carboxylic acids is 1. The van der Waals surface area contributed by atoms with Crippen LogP contribution in [0.1, 0.15) is 34.3 Å². The fourth-order valence-corrected chi connectivity index (χ4v) is 3.76. The lowest BCUT2D eigenvalue weighted by Gasteiger charge is -2.17. The van der Waals surface area contributed by atoms with Crippen LogP contribution in [0.4, 0.5) is 10.5 Å². The number of rotatable bonds is 6. The van der Waals surface area contributed by atoms with Gasteiger partial charge in [-0.25, -0.2) is 9.59 Å². The highest BCUT2D eigenvalue weighted by Gasteiger charge is 2.29. The number of carboxylic acid groups (broad SMARTS) is 1. The molecule has 8 heteroatoms. The summed E-state index contributed by atoms with van der Waals surface area (Å²) < 4.78 is 5.44. The van der Waals surface area contributed by atoms with Gasteiger partial charge in [0, 0.05) is 12.1 Å². The molecule has 8 nitrogen and oxygen atoms in total. The van der Waals surface area contributed by atoms with Gasteiger partial charge in [-0.1, -0.05) is 48.5 Å². The summed E-state index contributed by atoms with van der Waals surface area (Å²) in [6.07, 6.45) is 1.78. The molecule has 1 heterocycles. The molecule has 2 amide bonds. The number of hydrogen-bond acceptors (Lipinski definition) is 5. The van der Waals surface area contributed by atoms with Crippen molar-refractivity contribution in [2.45, 2.75) is 18.9 Å². The minimum atomic E-state index is -1.15. The number of carbonyl (C=O) groups is 3. The van der Waals surface area contributed by atoms with Crippen LogP contribution in [0, 0.1) is 0 Å². The van der Waals surface area contributed by atoms with Gasteiger partial charge in [-0.3, -0.25) is 9.78 Å². The highest BCUT2D eigenvalue weighted by molar-refractivity contribution is 5.97. The first-order valence-electron chi connectivity index (χ1n) is 10.0. The summed E-state index contributed by atoms with van der Waals surface area (Å²) in [5.74, 6) is -1.76. The number of alkyl carbamates (subject to hydrolysis) is 1. The van der Waals surface area contributed by atoms with Crippen molar-refractivity contribution in [2.75, 3.05) is 11.9 Å². The maximum Gasteiger partial charge on any atom is 0.407 e. The Labute approximate surface area is 184 Å². The zero-order chi connectivity index (χ0) is 22.7. The normalized spacial score (nSPS) is 12.9. The van der Waals surface area contributed by atoms with Gasteiger partial charge >= 0.3 is 12.1 Å². The van der Waals surface area contributed by atoms with E-state index in [0.717, 1.165) is 22.3 Å². The SMILES string of the molecule is CC(NC(=O)OCC1c2ccccc2-c2ccccc21)C(=O)Nc1cncc(C(=O)O)c1. The molecule has 2 aromatic carbocycles. The van der Waals surface area contributed by atoms with Crippen LogP contribution in [0.3, 0.4) is 0 Å². The minimum Gasteiger partial charge on any atom is -0.478 e. The number of ether oxygens (including phenoxy) is 1. The third-order valence-corrected chi connectivity index (χ3v) is 5.32. The number of benzene rings is 2. The van der Waals surface area contributed by atoms with Crippen LogP contribution in [-0.2, 0) is 9.53 Å². The number of amides is 2. The molecule has 0 fully saturated rings. The van der Waals surface area contributed by atoms with Gasteiger partial charge in [0.2, 0.25) is 5.91 Å². The Morgan fingerprint density at radius 1 is 1.03 bits per heavy atom. The van der Waals surface area contributed by atoms with Gasteiger partial charge in [0.05, 0.1) is 17.4 Å². The van der Waals surface area contributed by atoms with E-state index in [2.05, 4.69) is 27.8 Å². The van der Waals surface area contributed by atoms with Gasteiger partial charge in [-0.2, -0.15) is 0 Å². The molecular formula is C24H21N3O5. The zero-order valence-electron chi connectivity index (χ0n) is 17.2. The van der Waals surface area contributed by atoms with E-state index >= 15 is 0 Å². The minimum absolute atomic E-state index is 0.0556. The second-order valence-electron chi connectivity index (χ2n) is 7.45. The topological polar surface area (TPSA) is 118 Å². The third kappa shape index (κ3) is 4.29. The summed E-state index contributed by atoms with van der Waals surface area (Å²) in [7, 11) is 0. The van der Waals surface area contributed by atoms with E-state index in [1.165, 1.54) is 25.4 Å². The molecule has 32 heavy (non-hydrogen) atoms. The van der Waals surface area contributed by atoms with Crippen molar-refractivity contribution in [1.29, 1.82) is 0 Å². The molecule has 1 atom stereocenters. The molecule has 3 aromatic rings. The Hall–Kier alpha value is -4.20. The second-order valence-corrected chi connectivity index (χ2v) is 7.45. The molecular weight excluding hydrogens is 410 g/mol. The monoisotopic (exact) mass is 431 g/mol. The lowest BCUT2D eigenvalue weighted by Crippen LogP contribution is -2.42. The number of nitrogens with one attached hydrogen (secondary N) is 2. The van der Waals surface area contributed by atoms with Crippen LogP contribution in [0.2, 0.25) is 0 Å². The maximum absolute atomic E-state index is 12.4. The van der Waals surface area contributed by atoms with E-state index < -0.39 is 24.0 Å². The average molecular weight is 431 g/mol. The molecule has 0 bridgehead atoms. The fraction of sp³-hybridized carbons (Fsp3) is 0.167. The summed E-state index contributed by atoms with van der Waals surface area (Å²) >= 11 is 0. The Kier molecular flexibility index (Phi) is 5.85. The third-order valence-electron chi connectivity index (χ3n) is 5.32. The summed E-state index contributed by atoms with van der Waals surface area (Å²) in [6.45, 7) is 1.64.